The highest BCUT2D eigenvalue weighted by molar-refractivity contribution is 9.10. The quantitative estimate of drug-likeness (QED) is 0.810. The Morgan fingerprint density at radius 3 is 2.54 bits per heavy atom. The van der Waals surface area contributed by atoms with E-state index in [9.17, 15) is 0 Å². The highest BCUT2D eigenvalue weighted by atomic mass is 79.9. The van der Waals surface area contributed by atoms with Gasteiger partial charge in [-0.25, -0.2) is 0 Å². The molecule has 0 amide bonds. The van der Waals surface area contributed by atoms with E-state index >= 15 is 0 Å². The predicted molar refractivity (Wildman–Crippen MR) is 58.3 cm³/mol. The Bertz CT molecular complexity index is 292. The Balaban J connectivity index is 2.77. The molecule has 1 rings (SSSR count). The molecule has 0 radical (unpaired) electrons. The lowest BCUT2D eigenvalue weighted by Crippen LogP contribution is -1.98. The number of halogens is 1. The summed E-state index contributed by atoms with van der Waals surface area (Å²) >= 11 is 3.37. The molecule has 0 aliphatic heterocycles. The standard InChI is InChI=1S/C10H12BrNO/c1-8(12-6-7-13)9-2-4-10(11)5-3-9/h2-5,13H,6-7H2,1H3. The van der Waals surface area contributed by atoms with Crippen molar-refractivity contribution in [3.63, 3.8) is 0 Å². The van der Waals surface area contributed by atoms with Crippen LogP contribution in [0.25, 0.3) is 0 Å². The van der Waals surface area contributed by atoms with Crippen LogP contribution < -0.4 is 0 Å². The van der Waals surface area contributed by atoms with E-state index in [0.29, 0.717) is 6.54 Å². The number of hydrogen-bond donors (Lipinski definition) is 1. The molecule has 0 aromatic heterocycles. The van der Waals surface area contributed by atoms with Crippen molar-refractivity contribution in [2.45, 2.75) is 6.92 Å². The van der Waals surface area contributed by atoms with Gasteiger partial charge in [-0.2, -0.15) is 0 Å². The van der Waals surface area contributed by atoms with Gasteiger partial charge in [-0.15, -0.1) is 0 Å². The first-order valence-electron chi connectivity index (χ1n) is 4.12. The fraction of sp³-hybridized carbons (Fsp3) is 0.300. The molecule has 0 unspecified atom stereocenters. The molecule has 1 N–H and O–H groups in total. The van der Waals surface area contributed by atoms with Gasteiger partial charge in [-0.3, -0.25) is 4.99 Å². The molecule has 70 valence electrons. The first-order chi connectivity index (χ1) is 6.24. The molecule has 0 aliphatic carbocycles. The summed E-state index contributed by atoms with van der Waals surface area (Å²) in [5.74, 6) is 0. The lowest BCUT2D eigenvalue weighted by molar-refractivity contribution is 0.307. The van der Waals surface area contributed by atoms with Crippen LogP contribution in [-0.2, 0) is 0 Å². The first-order valence-corrected chi connectivity index (χ1v) is 4.91. The number of benzene rings is 1. The van der Waals surface area contributed by atoms with E-state index in [1.807, 2.05) is 31.2 Å². The normalized spacial score (nSPS) is 11.8. The van der Waals surface area contributed by atoms with Gasteiger partial charge in [0.2, 0.25) is 0 Å². The zero-order valence-electron chi connectivity index (χ0n) is 7.50. The minimum Gasteiger partial charge on any atom is -0.394 e. The second-order valence-corrected chi connectivity index (χ2v) is 3.61. The van der Waals surface area contributed by atoms with Gasteiger partial charge in [0.1, 0.15) is 0 Å². The largest absolute Gasteiger partial charge is 0.394 e. The monoisotopic (exact) mass is 241 g/mol. The topological polar surface area (TPSA) is 32.6 Å². The van der Waals surface area contributed by atoms with Crippen LogP contribution in [0.2, 0.25) is 0 Å². The zero-order valence-corrected chi connectivity index (χ0v) is 9.08. The fourth-order valence-corrected chi connectivity index (χ4v) is 1.26. The van der Waals surface area contributed by atoms with Crippen LogP contribution in [0.1, 0.15) is 12.5 Å². The summed E-state index contributed by atoms with van der Waals surface area (Å²) in [6.45, 7) is 2.52. The van der Waals surface area contributed by atoms with E-state index < -0.39 is 0 Å². The Hall–Kier alpha value is -0.670. The third-order valence-corrected chi connectivity index (χ3v) is 2.24. The summed E-state index contributed by atoms with van der Waals surface area (Å²) < 4.78 is 1.06. The van der Waals surface area contributed by atoms with Gasteiger partial charge in [-0.1, -0.05) is 28.1 Å². The summed E-state index contributed by atoms with van der Waals surface area (Å²) in [5.41, 5.74) is 2.05. The maximum Gasteiger partial charge on any atom is 0.0627 e. The van der Waals surface area contributed by atoms with E-state index in [0.717, 1.165) is 15.7 Å². The number of aliphatic hydroxyl groups excluding tert-OH is 1. The third kappa shape index (κ3) is 3.28. The maximum absolute atomic E-state index is 8.59. The molecule has 0 bridgehead atoms. The second kappa shape index (κ2) is 5.14. The summed E-state index contributed by atoms with van der Waals surface area (Å²) in [4.78, 5) is 4.19. The number of hydrogen-bond acceptors (Lipinski definition) is 2. The van der Waals surface area contributed by atoms with E-state index in [1.165, 1.54) is 0 Å². The third-order valence-electron chi connectivity index (χ3n) is 1.71. The molecule has 1 aromatic carbocycles. The van der Waals surface area contributed by atoms with Crippen LogP contribution in [0.5, 0.6) is 0 Å². The molecule has 0 spiro atoms. The van der Waals surface area contributed by atoms with E-state index in [2.05, 4.69) is 20.9 Å². The van der Waals surface area contributed by atoms with Gasteiger partial charge >= 0.3 is 0 Å². The van der Waals surface area contributed by atoms with Crippen LogP contribution in [0.15, 0.2) is 33.7 Å². The minimum atomic E-state index is 0.105. The maximum atomic E-state index is 8.59. The van der Waals surface area contributed by atoms with Crippen LogP contribution >= 0.6 is 15.9 Å². The Labute approximate surface area is 86.4 Å². The Morgan fingerprint density at radius 1 is 1.38 bits per heavy atom. The van der Waals surface area contributed by atoms with Gasteiger partial charge in [0.15, 0.2) is 0 Å². The summed E-state index contributed by atoms with van der Waals surface area (Å²) in [6, 6.07) is 7.96. The fourth-order valence-electron chi connectivity index (χ4n) is 1.00. The van der Waals surface area contributed by atoms with Crippen molar-refractivity contribution in [2.75, 3.05) is 13.2 Å². The van der Waals surface area contributed by atoms with Gasteiger partial charge in [0.05, 0.1) is 13.2 Å². The second-order valence-electron chi connectivity index (χ2n) is 2.70. The van der Waals surface area contributed by atoms with Crippen LogP contribution in [-0.4, -0.2) is 24.0 Å². The number of aliphatic hydroxyl groups is 1. The molecule has 0 atom stereocenters. The van der Waals surface area contributed by atoms with Crippen LogP contribution in [0.4, 0.5) is 0 Å². The lowest BCUT2D eigenvalue weighted by atomic mass is 10.1. The molecule has 0 aliphatic rings. The molecular weight excluding hydrogens is 230 g/mol. The molecule has 0 saturated carbocycles. The van der Waals surface area contributed by atoms with Crippen molar-refractivity contribution in [2.24, 2.45) is 4.99 Å². The van der Waals surface area contributed by atoms with Crippen molar-refractivity contribution in [1.29, 1.82) is 0 Å². The highest BCUT2D eigenvalue weighted by Gasteiger charge is 1.95. The highest BCUT2D eigenvalue weighted by Crippen LogP contribution is 2.11. The van der Waals surface area contributed by atoms with Gasteiger partial charge in [0, 0.05) is 10.2 Å². The molecule has 1 aromatic rings. The Kier molecular flexibility index (Phi) is 4.12. The van der Waals surface area contributed by atoms with Crippen LogP contribution in [0.3, 0.4) is 0 Å². The predicted octanol–water partition coefficient (Wildman–Crippen LogP) is 2.25. The van der Waals surface area contributed by atoms with Gasteiger partial charge in [-0.05, 0) is 24.6 Å². The summed E-state index contributed by atoms with van der Waals surface area (Å²) in [7, 11) is 0. The summed E-state index contributed by atoms with van der Waals surface area (Å²) in [6.07, 6.45) is 0. The lowest BCUT2D eigenvalue weighted by Gasteiger charge is -2.00. The van der Waals surface area contributed by atoms with E-state index in [-0.39, 0.29) is 6.61 Å². The van der Waals surface area contributed by atoms with Crippen molar-refractivity contribution < 1.29 is 5.11 Å². The van der Waals surface area contributed by atoms with Gasteiger partial charge < -0.3 is 5.11 Å². The first kappa shape index (κ1) is 10.4. The zero-order chi connectivity index (χ0) is 9.68. The molecule has 13 heavy (non-hydrogen) atoms. The van der Waals surface area contributed by atoms with Crippen molar-refractivity contribution >= 4 is 21.6 Å². The number of rotatable bonds is 3. The molecule has 2 nitrogen and oxygen atoms in total. The van der Waals surface area contributed by atoms with Crippen molar-refractivity contribution in [1.82, 2.24) is 0 Å². The van der Waals surface area contributed by atoms with Crippen molar-refractivity contribution in [3.8, 4) is 0 Å². The SMILES string of the molecule is CC(=NCCO)c1ccc(Br)cc1. The molecular formula is C10H12BrNO. The number of nitrogens with zero attached hydrogens (tertiary/aromatic N) is 1. The average Bonchev–Trinajstić information content (AvgIpc) is 2.15. The van der Waals surface area contributed by atoms with E-state index in [1.54, 1.807) is 0 Å². The summed E-state index contributed by atoms with van der Waals surface area (Å²) in [5, 5.41) is 8.59. The number of aliphatic imine (C=N–C) groups is 1. The molecule has 0 saturated heterocycles. The molecule has 0 fully saturated rings. The van der Waals surface area contributed by atoms with Crippen molar-refractivity contribution in [3.05, 3.63) is 34.3 Å². The smallest absolute Gasteiger partial charge is 0.0627 e. The minimum absolute atomic E-state index is 0.105. The molecule has 3 heteroatoms. The van der Waals surface area contributed by atoms with Crippen LogP contribution in [0, 0.1) is 0 Å². The van der Waals surface area contributed by atoms with E-state index in [4.69, 9.17) is 5.11 Å². The average molecular weight is 242 g/mol. The molecule has 0 heterocycles. The Morgan fingerprint density at radius 2 is 2.00 bits per heavy atom. The van der Waals surface area contributed by atoms with Gasteiger partial charge in [0.25, 0.3) is 0 Å².